The van der Waals surface area contributed by atoms with E-state index in [1.165, 1.54) is 19.1 Å². The van der Waals surface area contributed by atoms with Crippen LogP contribution < -0.4 is 10.6 Å². The Morgan fingerprint density at radius 2 is 1.78 bits per heavy atom. The topological polar surface area (TPSA) is 105 Å². The lowest BCUT2D eigenvalue weighted by Gasteiger charge is -2.34. The van der Waals surface area contributed by atoms with Gasteiger partial charge >= 0.3 is 11.8 Å². The molecule has 1 saturated heterocycles. The van der Waals surface area contributed by atoms with Crippen molar-refractivity contribution in [3.63, 3.8) is 0 Å². The number of ether oxygens (including phenoxy) is 1. The molecule has 2 aromatic rings. The Morgan fingerprint density at radius 1 is 1.09 bits per heavy atom. The van der Waals surface area contributed by atoms with E-state index in [2.05, 4.69) is 10.6 Å². The highest BCUT2D eigenvalue weighted by Crippen LogP contribution is 2.23. The van der Waals surface area contributed by atoms with E-state index in [-0.39, 0.29) is 30.1 Å². The van der Waals surface area contributed by atoms with Crippen molar-refractivity contribution in [1.29, 1.82) is 0 Å². The van der Waals surface area contributed by atoms with Gasteiger partial charge in [-0.1, -0.05) is 29.8 Å². The lowest BCUT2D eigenvalue weighted by molar-refractivity contribution is -0.140. The Bertz CT molecular complexity index is 1090. The number of nitrogens with zero attached hydrogens (tertiary/aromatic N) is 1. The molecule has 0 spiro atoms. The Balaban J connectivity index is 1.60. The van der Waals surface area contributed by atoms with Gasteiger partial charge in [-0.25, -0.2) is 12.8 Å². The minimum Gasteiger partial charge on any atom is -0.360 e. The van der Waals surface area contributed by atoms with Gasteiger partial charge in [0.15, 0.2) is 0 Å². The van der Waals surface area contributed by atoms with Gasteiger partial charge in [-0.05, 0) is 49.6 Å². The molecule has 1 fully saturated rings. The van der Waals surface area contributed by atoms with Crippen LogP contribution in [0.2, 0.25) is 0 Å². The summed E-state index contributed by atoms with van der Waals surface area (Å²) in [5.74, 6) is -2.22. The molecule has 0 aromatic heterocycles. The van der Waals surface area contributed by atoms with Gasteiger partial charge in [0, 0.05) is 13.1 Å². The molecule has 2 amide bonds. The van der Waals surface area contributed by atoms with Crippen molar-refractivity contribution in [3.8, 4) is 0 Å². The number of hydrogen-bond acceptors (Lipinski definition) is 5. The van der Waals surface area contributed by atoms with Crippen LogP contribution >= 0.6 is 0 Å². The summed E-state index contributed by atoms with van der Waals surface area (Å²) < 4.78 is 46.3. The van der Waals surface area contributed by atoms with E-state index in [0.29, 0.717) is 13.0 Å². The Kier molecular flexibility index (Phi) is 7.60. The summed E-state index contributed by atoms with van der Waals surface area (Å²) in [7, 11) is -3.98. The Labute approximate surface area is 186 Å². The number of aryl methyl sites for hydroxylation is 2. The van der Waals surface area contributed by atoms with Crippen LogP contribution in [0.15, 0.2) is 47.4 Å². The number of halogens is 1. The number of carbonyl (C=O) groups excluding carboxylic acids is 2. The SMILES string of the molecule is Cc1ccc(CNC(=O)C(=O)NC[C@@H]2OCCCN2S(=O)(=O)c2ccc(F)c(C)c2)cc1. The summed E-state index contributed by atoms with van der Waals surface area (Å²) in [6.45, 7) is 3.92. The summed E-state index contributed by atoms with van der Waals surface area (Å²) in [6, 6.07) is 11.1. The van der Waals surface area contributed by atoms with Gasteiger partial charge in [0.25, 0.3) is 0 Å². The fourth-order valence-corrected chi connectivity index (χ4v) is 4.90. The average molecular weight is 464 g/mol. The van der Waals surface area contributed by atoms with Crippen molar-refractivity contribution in [2.75, 3.05) is 19.7 Å². The Morgan fingerprint density at radius 3 is 2.47 bits per heavy atom. The maximum atomic E-state index is 13.6. The fraction of sp³-hybridized carbons (Fsp3) is 0.364. The van der Waals surface area contributed by atoms with Crippen LogP contribution in [0, 0.1) is 19.7 Å². The van der Waals surface area contributed by atoms with Crippen LogP contribution in [-0.2, 0) is 30.9 Å². The lowest BCUT2D eigenvalue weighted by Crippen LogP contribution is -2.53. The number of carbonyl (C=O) groups is 2. The number of rotatable bonds is 6. The third-order valence-corrected chi connectivity index (χ3v) is 6.99. The highest BCUT2D eigenvalue weighted by Gasteiger charge is 2.35. The molecule has 0 aliphatic carbocycles. The first-order chi connectivity index (χ1) is 15.2. The van der Waals surface area contributed by atoms with Crippen LogP contribution in [0.5, 0.6) is 0 Å². The maximum absolute atomic E-state index is 13.6. The van der Waals surface area contributed by atoms with E-state index in [9.17, 15) is 22.4 Å². The van der Waals surface area contributed by atoms with Gasteiger partial charge < -0.3 is 15.4 Å². The molecular weight excluding hydrogens is 437 g/mol. The third-order valence-electron chi connectivity index (χ3n) is 5.11. The zero-order chi connectivity index (χ0) is 23.3. The maximum Gasteiger partial charge on any atom is 0.309 e. The van der Waals surface area contributed by atoms with E-state index in [4.69, 9.17) is 4.74 Å². The largest absolute Gasteiger partial charge is 0.360 e. The smallest absolute Gasteiger partial charge is 0.309 e. The van der Waals surface area contributed by atoms with Crippen LogP contribution in [0.4, 0.5) is 4.39 Å². The molecule has 32 heavy (non-hydrogen) atoms. The molecule has 172 valence electrons. The average Bonchev–Trinajstić information content (AvgIpc) is 2.78. The molecule has 0 radical (unpaired) electrons. The van der Waals surface area contributed by atoms with Crippen molar-refractivity contribution in [3.05, 3.63) is 65.0 Å². The summed E-state index contributed by atoms with van der Waals surface area (Å²) in [6.07, 6.45) is -0.506. The zero-order valence-electron chi connectivity index (χ0n) is 17.9. The predicted molar refractivity (Wildman–Crippen MR) is 115 cm³/mol. The monoisotopic (exact) mass is 463 g/mol. The highest BCUT2D eigenvalue weighted by atomic mass is 32.2. The van der Waals surface area contributed by atoms with Crippen molar-refractivity contribution in [1.82, 2.24) is 14.9 Å². The van der Waals surface area contributed by atoms with E-state index in [0.717, 1.165) is 21.5 Å². The number of nitrogens with one attached hydrogen (secondary N) is 2. The normalized spacial score (nSPS) is 17.0. The summed E-state index contributed by atoms with van der Waals surface area (Å²) in [5, 5.41) is 4.96. The molecule has 0 saturated carbocycles. The first-order valence-electron chi connectivity index (χ1n) is 10.2. The second-order valence-corrected chi connectivity index (χ2v) is 9.47. The molecule has 8 nitrogen and oxygen atoms in total. The second-order valence-electron chi connectivity index (χ2n) is 7.58. The van der Waals surface area contributed by atoms with Crippen LogP contribution in [0.25, 0.3) is 0 Å². The van der Waals surface area contributed by atoms with Gasteiger partial charge in [-0.15, -0.1) is 0 Å². The van der Waals surface area contributed by atoms with Crippen molar-refractivity contribution < 1.29 is 27.1 Å². The molecular formula is C22H26FN3O5S. The Hall–Kier alpha value is -2.82. The quantitative estimate of drug-likeness (QED) is 0.634. The fourth-order valence-electron chi connectivity index (χ4n) is 3.24. The van der Waals surface area contributed by atoms with Gasteiger partial charge in [0.2, 0.25) is 10.0 Å². The number of hydrogen-bond donors (Lipinski definition) is 2. The summed E-state index contributed by atoms with van der Waals surface area (Å²) in [5.41, 5.74) is 2.14. The molecule has 0 unspecified atom stereocenters. The standard InChI is InChI=1S/C22H26FN3O5S/c1-15-4-6-17(7-5-15)13-24-21(27)22(28)25-14-20-26(10-3-11-31-20)32(29,30)18-8-9-19(23)16(2)12-18/h4-9,12,20H,3,10-11,13-14H2,1-2H3,(H,24,27)(H,25,28)/t20-/m0/s1. The van der Waals surface area contributed by atoms with E-state index in [1.807, 2.05) is 31.2 Å². The minimum atomic E-state index is -3.98. The number of benzene rings is 2. The van der Waals surface area contributed by atoms with Crippen LogP contribution in [0.3, 0.4) is 0 Å². The first-order valence-corrected chi connectivity index (χ1v) is 11.6. The lowest BCUT2D eigenvalue weighted by atomic mass is 10.1. The van der Waals surface area contributed by atoms with Crippen molar-refractivity contribution in [2.24, 2.45) is 0 Å². The van der Waals surface area contributed by atoms with Gasteiger partial charge in [-0.2, -0.15) is 4.31 Å². The minimum absolute atomic E-state index is 0.0610. The molecule has 2 N–H and O–H groups in total. The number of amides is 2. The second kappa shape index (κ2) is 10.2. The molecule has 1 heterocycles. The molecule has 1 atom stereocenters. The molecule has 10 heteroatoms. The molecule has 0 bridgehead atoms. The van der Waals surface area contributed by atoms with Gasteiger partial charge in [0.05, 0.1) is 18.0 Å². The van der Waals surface area contributed by atoms with E-state index < -0.39 is 33.9 Å². The van der Waals surface area contributed by atoms with Crippen molar-refractivity contribution in [2.45, 2.75) is 37.9 Å². The predicted octanol–water partition coefficient (Wildman–Crippen LogP) is 1.61. The highest BCUT2D eigenvalue weighted by molar-refractivity contribution is 7.89. The van der Waals surface area contributed by atoms with E-state index >= 15 is 0 Å². The van der Waals surface area contributed by atoms with Crippen molar-refractivity contribution >= 4 is 21.8 Å². The van der Waals surface area contributed by atoms with E-state index in [1.54, 1.807) is 0 Å². The van der Waals surface area contributed by atoms with Crippen LogP contribution in [0.1, 0.15) is 23.1 Å². The van der Waals surface area contributed by atoms with Gasteiger partial charge in [0.1, 0.15) is 12.0 Å². The summed E-state index contributed by atoms with van der Waals surface area (Å²) in [4.78, 5) is 24.2. The third kappa shape index (κ3) is 5.70. The van der Waals surface area contributed by atoms with Crippen LogP contribution in [-0.4, -0.2) is 50.5 Å². The molecule has 1 aliphatic rings. The molecule has 2 aromatic carbocycles. The molecule has 1 aliphatic heterocycles. The first kappa shape index (κ1) is 23.8. The zero-order valence-corrected chi connectivity index (χ0v) is 18.7. The number of sulfonamides is 1. The summed E-state index contributed by atoms with van der Waals surface area (Å²) >= 11 is 0. The molecule has 3 rings (SSSR count). The van der Waals surface area contributed by atoms with Gasteiger partial charge in [-0.3, -0.25) is 9.59 Å².